The van der Waals surface area contributed by atoms with Gasteiger partial charge in [-0.3, -0.25) is 0 Å². The third-order valence-corrected chi connectivity index (χ3v) is 2.40. The number of aromatic nitrogens is 1. The minimum absolute atomic E-state index is 0.0337. The van der Waals surface area contributed by atoms with E-state index in [0.29, 0.717) is 0 Å². The average molecular weight is 183 g/mol. The molecular weight excluding hydrogens is 166 g/mol. The highest BCUT2D eigenvalue weighted by molar-refractivity contribution is 5.15. The van der Waals surface area contributed by atoms with Crippen LogP contribution in [0, 0.1) is 13.8 Å². The summed E-state index contributed by atoms with van der Waals surface area (Å²) in [5, 5.41) is 18.6. The summed E-state index contributed by atoms with van der Waals surface area (Å²) in [6.45, 7) is 5.60. The number of nitrogens with zero attached hydrogens (tertiary/aromatic N) is 1. The zero-order chi connectivity index (χ0) is 10.0. The molecule has 0 bridgehead atoms. The predicted molar refractivity (Wildman–Crippen MR) is 51.7 cm³/mol. The van der Waals surface area contributed by atoms with Gasteiger partial charge >= 0.3 is 0 Å². The molecule has 0 saturated heterocycles. The quantitative estimate of drug-likeness (QED) is 0.735. The van der Waals surface area contributed by atoms with Crippen molar-refractivity contribution < 1.29 is 10.2 Å². The van der Waals surface area contributed by atoms with Crippen molar-refractivity contribution in [1.82, 2.24) is 4.57 Å². The molecule has 0 radical (unpaired) electrons. The van der Waals surface area contributed by atoms with Gasteiger partial charge in [0.1, 0.15) is 0 Å². The lowest BCUT2D eigenvalue weighted by molar-refractivity contribution is 0.0848. The Morgan fingerprint density at radius 1 is 1.31 bits per heavy atom. The van der Waals surface area contributed by atoms with Crippen molar-refractivity contribution in [3.8, 4) is 0 Å². The molecule has 0 saturated carbocycles. The van der Waals surface area contributed by atoms with Crippen LogP contribution in [0.5, 0.6) is 0 Å². The molecule has 1 rings (SSSR count). The van der Waals surface area contributed by atoms with Gasteiger partial charge < -0.3 is 14.8 Å². The lowest BCUT2D eigenvalue weighted by Gasteiger charge is -2.23. The van der Waals surface area contributed by atoms with E-state index in [0.717, 1.165) is 11.4 Å². The van der Waals surface area contributed by atoms with E-state index in [9.17, 15) is 5.11 Å². The van der Waals surface area contributed by atoms with Crippen molar-refractivity contribution in [3.63, 3.8) is 0 Å². The molecule has 0 aliphatic carbocycles. The van der Waals surface area contributed by atoms with Gasteiger partial charge in [-0.1, -0.05) is 0 Å². The van der Waals surface area contributed by atoms with E-state index in [-0.39, 0.29) is 12.6 Å². The van der Waals surface area contributed by atoms with Crippen LogP contribution in [0.15, 0.2) is 12.1 Å². The van der Waals surface area contributed by atoms with Crippen LogP contribution in [-0.4, -0.2) is 27.5 Å². The minimum Gasteiger partial charge on any atom is -0.394 e. The van der Waals surface area contributed by atoms with Crippen LogP contribution in [0.4, 0.5) is 0 Å². The van der Waals surface area contributed by atoms with Gasteiger partial charge in [-0.15, -0.1) is 0 Å². The van der Waals surface area contributed by atoms with E-state index in [2.05, 4.69) is 0 Å². The lowest BCUT2D eigenvalue weighted by Crippen LogP contribution is -2.26. The number of aliphatic hydroxyl groups is 2. The van der Waals surface area contributed by atoms with Crippen molar-refractivity contribution in [2.24, 2.45) is 0 Å². The third kappa shape index (κ3) is 1.92. The van der Waals surface area contributed by atoms with Gasteiger partial charge in [0.25, 0.3) is 0 Å². The Labute approximate surface area is 78.6 Å². The molecular formula is C10H17NO2. The molecule has 0 fully saturated rings. The normalized spacial score (nSPS) is 15.8. The maximum atomic E-state index is 9.45. The minimum atomic E-state index is -0.533. The first kappa shape index (κ1) is 10.3. The fourth-order valence-electron chi connectivity index (χ4n) is 1.65. The number of aliphatic hydroxyl groups excluding tert-OH is 2. The highest BCUT2D eigenvalue weighted by atomic mass is 16.3. The second-order valence-corrected chi connectivity index (χ2v) is 3.48. The lowest BCUT2D eigenvalue weighted by atomic mass is 10.2. The highest BCUT2D eigenvalue weighted by Gasteiger charge is 2.18. The second-order valence-electron chi connectivity index (χ2n) is 3.48. The summed E-state index contributed by atoms with van der Waals surface area (Å²) in [6, 6.07) is 3.75. The van der Waals surface area contributed by atoms with Crippen molar-refractivity contribution in [3.05, 3.63) is 23.5 Å². The standard InChI is InChI=1S/C10H17NO2/c1-7-4-5-8(2)11(7)10(6-12)9(3)13/h4-5,9-10,12-13H,6H2,1-3H3/t9-,10-/m1/s1. The molecule has 3 nitrogen and oxygen atoms in total. The van der Waals surface area contributed by atoms with Crippen LogP contribution in [0.2, 0.25) is 0 Å². The highest BCUT2D eigenvalue weighted by Crippen LogP contribution is 2.18. The number of hydrogen-bond donors (Lipinski definition) is 2. The van der Waals surface area contributed by atoms with Crippen LogP contribution in [0.3, 0.4) is 0 Å². The van der Waals surface area contributed by atoms with Gasteiger partial charge in [-0.05, 0) is 32.9 Å². The predicted octanol–water partition coefficient (Wildman–Crippen LogP) is 1.02. The van der Waals surface area contributed by atoms with E-state index < -0.39 is 6.10 Å². The van der Waals surface area contributed by atoms with E-state index in [1.165, 1.54) is 0 Å². The van der Waals surface area contributed by atoms with E-state index in [1.54, 1.807) is 6.92 Å². The fourth-order valence-corrected chi connectivity index (χ4v) is 1.65. The maximum absolute atomic E-state index is 9.45. The largest absolute Gasteiger partial charge is 0.394 e. The number of aryl methyl sites for hydroxylation is 2. The van der Waals surface area contributed by atoms with Crippen LogP contribution in [0.1, 0.15) is 24.4 Å². The molecule has 74 valence electrons. The van der Waals surface area contributed by atoms with Crippen molar-refractivity contribution in [2.45, 2.75) is 32.9 Å². The molecule has 0 aliphatic rings. The zero-order valence-electron chi connectivity index (χ0n) is 8.36. The Bertz CT molecular complexity index is 259. The molecule has 3 heteroatoms. The molecule has 0 spiro atoms. The summed E-state index contributed by atoms with van der Waals surface area (Å²) < 4.78 is 1.96. The fraction of sp³-hybridized carbons (Fsp3) is 0.600. The molecule has 2 N–H and O–H groups in total. The smallest absolute Gasteiger partial charge is 0.0822 e. The zero-order valence-corrected chi connectivity index (χ0v) is 8.36. The molecule has 0 aromatic carbocycles. The van der Waals surface area contributed by atoms with Gasteiger partial charge in [-0.2, -0.15) is 0 Å². The van der Waals surface area contributed by atoms with Crippen molar-refractivity contribution in [1.29, 1.82) is 0 Å². The maximum Gasteiger partial charge on any atom is 0.0822 e. The summed E-state index contributed by atoms with van der Waals surface area (Å²) in [7, 11) is 0. The average Bonchev–Trinajstić information content (AvgIpc) is 2.36. The van der Waals surface area contributed by atoms with Crippen LogP contribution in [0.25, 0.3) is 0 Å². The van der Waals surface area contributed by atoms with Crippen LogP contribution in [-0.2, 0) is 0 Å². The van der Waals surface area contributed by atoms with E-state index in [4.69, 9.17) is 5.11 Å². The van der Waals surface area contributed by atoms with Crippen molar-refractivity contribution >= 4 is 0 Å². The molecule has 0 unspecified atom stereocenters. The van der Waals surface area contributed by atoms with Crippen LogP contribution < -0.4 is 0 Å². The Balaban J connectivity index is 3.03. The van der Waals surface area contributed by atoms with Gasteiger partial charge in [0.2, 0.25) is 0 Å². The molecule has 1 aromatic heterocycles. The van der Waals surface area contributed by atoms with Gasteiger partial charge in [0.15, 0.2) is 0 Å². The first-order valence-corrected chi connectivity index (χ1v) is 4.51. The van der Waals surface area contributed by atoms with Crippen LogP contribution >= 0.6 is 0 Å². The van der Waals surface area contributed by atoms with Crippen molar-refractivity contribution in [2.75, 3.05) is 6.61 Å². The van der Waals surface area contributed by atoms with E-state index in [1.807, 2.05) is 30.5 Å². The second kappa shape index (κ2) is 3.94. The summed E-state index contributed by atoms with van der Waals surface area (Å²) in [6.07, 6.45) is -0.533. The number of hydrogen-bond acceptors (Lipinski definition) is 2. The monoisotopic (exact) mass is 183 g/mol. The molecule has 0 amide bonds. The van der Waals surface area contributed by atoms with E-state index >= 15 is 0 Å². The first-order valence-electron chi connectivity index (χ1n) is 4.51. The Morgan fingerprint density at radius 2 is 1.77 bits per heavy atom. The Morgan fingerprint density at radius 3 is 2.08 bits per heavy atom. The first-order chi connectivity index (χ1) is 6.07. The molecule has 1 aromatic rings. The summed E-state index contributed by atoms with van der Waals surface area (Å²) in [4.78, 5) is 0. The third-order valence-electron chi connectivity index (χ3n) is 2.40. The topological polar surface area (TPSA) is 45.4 Å². The molecule has 1 heterocycles. The summed E-state index contributed by atoms with van der Waals surface area (Å²) >= 11 is 0. The Hall–Kier alpha value is -0.800. The summed E-state index contributed by atoms with van der Waals surface area (Å²) in [5.74, 6) is 0. The Kier molecular flexibility index (Phi) is 3.12. The molecule has 13 heavy (non-hydrogen) atoms. The number of rotatable bonds is 3. The molecule has 0 aliphatic heterocycles. The van der Waals surface area contributed by atoms with Gasteiger partial charge in [0.05, 0.1) is 18.8 Å². The summed E-state index contributed by atoms with van der Waals surface area (Å²) in [5.41, 5.74) is 2.13. The van der Waals surface area contributed by atoms with Gasteiger partial charge in [-0.25, -0.2) is 0 Å². The SMILES string of the molecule is Cc1ccc(C)n1[C@H](CO)[C@@H](C)O. The molecule has 2 atom stereocenters. The van der Waals surface area contributed by atoms with Gasteiger partial charge in [0, 0.05) is 11.4 Å².